The lowest BCUT2D eigenvalue weighted by Gasteiger charge is -2.31. The van der Waals surface area contributed by atoms with Gasteiger partial charge in [-0.1, -0.05) is 0 Å². The van der Waals surface area contributed by atoms with Gasteiger partial charge in [0.2, 0.25) is 0 Å². The minimum absolute atomic E-state index is 0. The molecule has 31 heavy (non-hydrogen) atoms. The number of furan rings is 1. The van der Waals surface area contributed by atoms with E-state index in [4.69, 9.17) is 28.4 Å². The molecule has 9 nitrogen and oxygen atoms in total. The van der Waals surface area contributed by atoms with Gasteiger partial charge >= 0.3 is 0 Å². The van der Waals surface area contributed by atoms with Crippen LogP contribution in [0.15, 0.2) is 27.8 Å². The summed E-state index contributed by atoms with van der Waals surface area (Å²) in [5.41, 5.74) is 0. The van der Waals surface area contributed by atoms with Crippen molar-refractivity contribution in [3.63, 3.8) is 0 Å². The molecule has 4 heterocycles. The molecule has 176 valence electrons. The Bertz CT molecular complexity index is 648. The van der Waals surface area contributed by atoms with Gasteiger partial charge in [-0.05, 0) is 12.1 Å². The first-order valence-electron chi connectivity index (χ1n) is 11.1. The molecule has 10 heteroatoms. The molecule has 0 aromatic carbocycles. The highest BCUT2D eigenvalue weighted by molar-refractivity contribution is 14.0. The van der Waals surface area contributed by atoms with Crippen LogP contribution in [0.4, 0.5) is 0 Å². The van der Waals surface area contributed by atoms with Gasteiger partial charge in [-0.3, -0.25) is 9.89 Å². The van der Waals surface area contributed by atoms with E-state index in [1.165, 1.54) is 0 Å². The molecule has 0 amide bonds. The van der Waals surface area contributed by atoms with E-state index >= 15 is 0 Å². The minimum atomic E-state index is -0.463. The van der Waals surface area contributed by atoms with Gasteiger partial charge < -0.3 is 34.0 Å². The molecule has 0 bridgehead atoms. The SMILES string of the molecule is I.c1coc(CCNC(=NCC2COC3(CCOCC3)O2)NCCN2CCOCC2)c1. The molecule has 1 spiro atoms. The van der Waals surface area contributed by atoms with Crippen molar-refractivity contribution in [1.29, 1.82) is 0 Å². The van der Waals surface area contributed by atoms with Crippen LogP contribution in [0.2, 0.25) is 0 Å². The van der Waals surface area contributed by atoms with Gasteiger partial charge in [0.1, 0.15) is 11.9 Å². The highest BCUT2D eigenvalue weighted by Gasteiger charge is 2.42. The van der Waals surface area contributed by atoms with Crippen LogP contribution in [0.1, 0.15) is 18.6 Å². The first kappa shape index (κ1) is 24.7. The van der Waals surface area contributed by atoms with Crippen LogP contribution in [0.5, 0.6) is 0 Å². The van der Waals surface area contributed by atoms with E-state index in [2.05, 4.69) is 15.5 Å². The van der Waals surface area contributed by atoms with Gasteiger partial charge in [-0.2, -0.15) is 0 Å². The second kappa shape index (κ2) is 12.9. The van der Waals surface area contributed by atoms with Crippen molar-refractivity contribution in [2.75, 3.05) is 72.3 Å². The highest BCUT2D eigenvalue weighted by atomic mass is 127. The number of nitrogens with zero attached hydrogens (tertiary/aromatic N) is 2. The van der Waals surface area contributed by atoms with E-state index in [-0.39, 0.29) is 30.1 Å². The van der Waals surface area contributed by atoms with Crippen molar-refractivity contribution >= 4 is 29.9 Å². The van der Waals surface area contributed by atoms with E-state index in [0.29, 0.717) is 26.4 Å². The Kier molecular flexibility index (Phi) is 10.3. The molecule has 3 fully saturated rings. The van der Waals surface area contributed by atoms with Gasteiger partial charge in [0.05, 0.1) is 45.8 Å². The van der Waals surface area contributed by atoms with Crippen LogP contribution in [0, 0.1) is 0 Å². The van der Waals surface area contributed by atoms with Crippen molar-refractivity contribution < 1.29 is 23.4 Å². The molecular weight excluding hydrogens is 515 g/mol. The lowest BCUT2D eigenvalue weighted by atomic mass is 10.1. The Balaban J connectivity index is 0.00000272. The van der Waals surface area contributed by atoms with Gasteiger partial charge in [0.25, 0.3) is 0 Å². The second-order valence-corrected chi connectivity index (χ2v) is 7.90. The lowest BCUT2D eigenvalue weighted by Crippen LogP contribution is -2.45. The van der Waals surface area contributed by atoms with Crippen molar-refractivity contribution in [3.05, 3.63) is 24.2 Å². The van der Waals surface area contributed by atoms with Gasteiger partial charge in [0, 0.05) is 52.0 Å². The van der Waals surface area contributed by atoms with Gasteiger partial charge in [0.15, 0.2) is 11.7 Å². The predicted octanol–water partition coefficient (Wildman–Crippen LogP) is 1.23. The quantitative estimate of drug-likeness (QED) is 0.284. The van der Waals surface area contributed by atoms with Crippen LogP contribution in [0.25, 0.3) is 0 Å². The zero-order chi connectivity index (χ0) is 20.5. The highest BCUT2D eigenvalue weighted by Crippen LogP contribution is 2.33. The molecule has 1 unspecified atom stereocenters. The Morgan fingerprint density at radius 1 is 1.10 bits per heavy atom. The van der Waals surface area contributed by atoms with Gasteiger partial charge in [-0.25, -0.2) is 0 Å². The lowest BCUT2D eigenvalue weighted by molar-refractivity contribution is -0.210. The maximum Gasteiger partial charge on any atom is 0.191 e. The standard InChI is InChI=1S/C21H34N4O5.HI/c1-2-18(28-11-1)3-6-22-20(23-7-8-25-9-14-27-15-10-25)24-16-19-17-29-21(30-19)4-12-26-13-5-21;/h1-2,11,19H,3-10,12-17H2,(H2,22,23,24);1H. The van der Waals surface area contributed by atoms with Gasteiger partial charge in [-0.15, -0.1) is 24.0 Å². The molecule has 2 N–H and O–H groups in total. The molecule has 1 atom stereocenters. The summed E-state index contributed by atoms with van der Waals surface area (Å²) >= 11 is 0. The maximum absolute atomic E-state index is 6.20. The normalized spacial score (nSPS) is 24.1. The Morgan fingerprint density at radius 3 is 2.65 bits per heavy atom. The number of aliphatic imine (C=N–C) groups is 1. The second-order valence-electron chi connectivity index (χ2n) is 7.90. The van der Waals surface area contributed by atoms with E-state index < -0.39 is 5.79 Å². The molecule has 0 saturated carbocycles. The van der Waals surface area contributed by atoms with Crippen LogP contribution >= 0.6 is 24.0 Å². The first-order chi connectivity index (χ1) is 14.8. The molecule has 1 aromatic heterocycles. The molecule has 3 aliphatic heterocycles. The minimum Gasteiger partial charge on any atom is -0.469 e. The first-order valence-corrected chi connectivity index (χ1v) is 11.1. The van der Waals surface area contributed by atoms with Crippen molar-refractivity contribution in [2.45, 2.75) is 31.2 Å². The summed E-state index contributed by atoms with van der Waals surface area (Å²) in [6, 6.07) is 3.90. The topological polar surface area (TPSA) is 89.7 Å². The number of rotatable bonds is 8. The molecule has 0 radical (unpaired) electrons. The summed E-state index contributed by atoms with van der Waals surface area (Å²) in [6.45, 7) is 8.68. The monoisotopic (exact) mass is 550 g/mol. The van der Waals surface area contributed by atoms with Crippen LogP contribution in [-0.4, -0.2) is 95.1 Å². The number of halogens is 1. The summed E-state index contributed by atoms with van der Waals surface area (Å²) in [7, 11) is 0. The number of guanidine groups is 1. The Labute approximate surface area is 201 Å². The van der Waals surface area contributed by atoms with Crippen molar-refractivity contribution in [1.82, 2.24) is 15.5 Å². The Hall–Kier alpha value is -0.920. The number of morpholine rings is 1. The molecule has 0 aliphatic carbocycles. The van der Waals surface area contributed by atoms with E-state index in [1.54, 1.807) is 6.26 Å². The van der Waals surface area contributed by atoms with E-state index in [9.17, 15) is 0 Å². The van der Waals surface area contributed by atoms with Crippen LogP contribution in [0.3, 0.4) is 0 Å². The number of nitrogens with one attached hydrogen (secondary N) is 2. The summed E-state index contributed by atoms with van der Waals surface area (Å²) < 4.78 is 28.4. The zero-order valence-corrected chi connectivity index (χ0v) is 20.4. The molecule has 1 aromatic rings. The molecular formula is C21H35IN4O5. The summed E-state index contributed by atoms with van der Waals surface area (Å²) in [5, 5.41) is 6.86. The fourth-order valence-corrected chi connectivity index (χ4v) is 3.93. The van der Waals surface area contributed by atoms with E-state index in [1.807, 2.05) is 12.1 Å². The van der Waals surface area contributed by atoms with Crippen LogP contribution in [-0.2, 0) is 25.4 Å². The summed E-state index contributed by atoms with van der Waals surface area (Å²) in [5.74, 6) is 1.30. The number of hydrogen-bond donors (Lipinski definition) is 2. The third-order valence-electron chi connectivity index (χ3n) is 5.69. The number of ether oxygens (including phenoxy) is 4. The van der Waals surface area contributed by atoms with Crippen LogP contribution < -0.4 is 10.6 Å². The van der Waals surface area contributed by atoms with Crippen molar-refractivity contribution in [3.8, 4) is 0 Å². The third-order valence-corrected chi connectivity index (χ3v) is 5.69. The number of hydrogen-bond acceptors (Lipinski definition) is 7. The fourth-order valence-electron chi connectivity index (χ4n) is 3.93. The fraction of sp³-hybridized carbons (Fsp3) is 0.762. The molecule has 3 saturated heterocycles. The Morgan fingerprint density at radius 2 is 1.87 bits per heavy atom. The summed E-state index contributed by atoms with van der Waals surface area (Å²) in [4.78, 5) is 7.17. The van der Waals surface area contributed by atoms with Crippen molar-refractivity contribution in [2.24, 2.45) is 4.99 Å². The predicted molar refractivity (Wildman–Crippen MR) is 127 cm³/mol. The smallest absolute Gasteiger partial charge is 0.191 e. The maximum atomic E-state index is 6.20. The average Bonchev–Trinajstić information content (AvgIpc) is 3.43. The largest absolute Gasteiger partial charge is 0.469 e. The zero-order valence-electron chi connectivity index (χ0n) is 18.1. The van der Waals surface area contributed by atoms with E-state index in [0.717, 1.165) is 76.9 Å². The summed E-state index contributed by atoms with van der Waals surface area (Å²) in [6.07, 6.45) is 4.07. The average molecular weight is 550 g/mol. The third kappa shape index (κ3) is 7.86. The molecule has 3 aliphatic rings. The molecule has 4 rings (SSSR count).